The monoisotopic (exact) mass is 431 g/mol. The number of ether oxygens (including phenoxy) is 1. The number of aliphatic hydroxyl groups excluding tert-OH is 1. The predicted octanol–water partition coefficient (Wildman–Crippen LogP) is 3.34. The summed E-state index contributed by atoms with van der Waals surface area (Å²) in [7, 11) is 0. The number of halogens is 1. The van der Waals surface area contributed by atoms with Crippen molar-refractivity contribution in [1.82, 2.24) is 19.4 Å². The smallest absolute Gasteiger partial charge is 0.225 e. The van der Waals surface area contributed by atoms with E-state index in [0.29, 0.717) is 48.1 Å². The molecule has 0 spiro atoms. The number of rotatable bonds is 3. The molecule has 162 valence electrons. The standard InChI is InChI=1S/C24H22FN5O2/c25-19-11-21-28-22-20(31)10-17(15-4-2-1-3-5-15)23(22)30(21)14-18(19)16-12-26-24(27-13-16)29-6-8-32-9-7-29/h1-5,11-14,17,20,31H,6-10H2/t17-,20-/m0/s1. The molecule has 4 aromatic rings. The SMILES string of the molecule is O[C@H]1C[C@@H](c2ccccc2)c2c1nc1cc(F)c(-c3cnc(N4CCOCC4)nc3)cn21. The Morgan fingerprint density at radius 1 is 1.06 bits per heavy atom. The quantitative estimate of drug-likeness (QED) is 0.536. The number of aromatic nitrogens is 4. The maximum absolute atomic E-state index is 15.0. The van der Waals surface area contributed by atoms with Crippen LogP contribution < -0.4 is 4.90 Å². The van der Waals surface area contributed by atoms with Gasteiger partial charge in [0.15, 0.2) is 0 Å². The van der Waals surface area contributed by atoms with Gasteiger partial charge in [-0.15, -0.1) is 0 Å². The number of aliphatic hydroxyl groups is 1. The van der Waals surface area contributed by atoms with Crippen molar-refractivity contribution in [1.29, 1.82) is 0 Å². The zero-order chi connectivity index (χ0) is 21.7. The minimum atomic E-state index is -0.669. The highest BCUT2D eigenvalue weighted by molar-refractivity contribution is 5.65. The Hall–Kier alpha value is -3.36. The summed E-state index contributed by atoms with van der Waals surface area (Å²) in [5.41, 5.74) is 4.12. The van der Waals surface area contributed by atoms with Gasteiger partial charge in [0.05, 0.1) is 30.7 Å². The number of benzene rings is 1. The first-order chi connectivity index (χ1) is 15.7. The zero-order valence-electron chi connectivity index (χ0n) is 17.4. The van der Waals surface area contributed by atoms with E-state index in [9.17, 15) is 5.11 Å². The lowest BCUT2D eigenvalue weighted by Crippen LogP contribution is -2.37. The Morgan fingerprint density at radius 2 is 1.81 bits per heavy atom. The van der Waals surface area contributed by atoms with Crippen LogP contribution in [-0.2, 0) is 4.74 Å². The van der Waals surface area contributed by atoms with Crippen LogP contribution in [0.5, 0.6) is 0 Å². The van der Waals surface area contributed by atoms with E-state index in [-0.39, 0.29) is 5.92 Å². The molecule has 0 radical (unpaired) electrons. The third-order valence-corrected chi connectivity index (χ3v) is 6.32. The molecular weight excluding hydrogens is 409 g/mol. The van der Waals surface area contributed by atoms with Crippen molar-refractivity contribution in [3.63, 3.8) is 0 Å². The van der Waals surface area contributed by atoms with E-state index in [1.807, 2.05) is 22.6 Å². The lowest BCUT2D eigenvalue weighted by Gasteiger charge is -2.26. The number of pyridine rings is 1. The fraction of sp³-hybridized carbons (Fsp3) is 0.292. The van der Waals surface area contributed by atoms with Gasteiger partial charge in [-0.1, -0.05) is 30.3 Å². The Labute approximate surface area is 184 Å². The first-order valence-electron chi connectivity index (χ1n) is 10.8. The van der Waals surface area contributed by atoms with Crippen LogP contribution in [0.1, 0.15) is 35.4 Å². The predicted molar refractivity (Wildman–Crippen MR) is 117 cm³/mol. The van der Waals surface area contributed by atoms with Crippen molar-refractivity contribution in [3.05, 3.63) is 77.8 Å². The van der Waals surface area contributed by atoms with Crippen LogP contribution in [-0.4, -0.2) is 50.8 Å². The highest BCUT2D eigenvalue weighted by Crippen LogP contribution is 2.44. The molecule has 8 heteroatoms. The van der Waals surface area contributed by atoms with Gasteiger partial charge in [0, 0.05) is 54.8 Å². The van der Waals surface area contributed by atoms with Crippen molar-refractivity contribution in [2.75, 3.05) is 31.2 Å². The van der Waals surface area contributed by atoms with Crippen LogP contribution in [0.2, 0.25) is 0 Å². The average Bonchev–Trinajstić information content (AvgIpc) is 3.36. The third-order valence-electron chi connectivity index (χ3n) is 6.32. The lowest BCUT2D eigenvalue weighted by molar-refractivity contribution is 0.122. The van der Waals surface area contributed by atoms with E-state index in [4.69, 9.17) is 4.74 Å². The summed E-state index contributed by atoms with van der Waals surface area (Å²) in [5.74, 6) is 0.221. The second-order valence-electron chi connectivity index (χ2n) is 8.23. The summed E-state index contributed by atoms with van der Waals surface area (Å²) < 4.78 is 22.3. The lowest BCUT2D eigenvalue weighted by atomic mass is 9.96. The minimum Gasteiger partial charge on any atom is -0.387 e. The minimum absolute atomic E-state index is 0.00513. The summed E-state index contributed by atoms with van der Waals surface area (Å²) in [6.45, 7) is 2.78. The van der Waals surface area contributed by atoms with E-state index >= 15 is 4.39 Å². The van der Waals surface area contributed by atoms with Crippen LogP contribution in [0.25, 0.3) is 16.8 Å². The number of hydrogen-bond acceptors (Lipinski definition) is 6. The number of hydrogen-bond donors (Lipinski definition) is 1. The normalized spacial score (nSPS) is 20.6. The first kappa shape index (κ1) is 19.3. The van der Waals surface area contributed by atoms with Crippen LogP contribution >= 0.6 is 0 Å². The van der Waals surface area contributed by atoms with Gasteiger partial charge in [-0.05, 0) is 12.0 Å². The molecule has 1 aliphatic heterocycles. The molecule has 4 heterocycles. The van der Waals surface area contributed by atoms with Gasteiger partial charge in [0.1, 0.15) is 11.5 Å². The molecule has 2 aliphatic rings. The fourth-order valence-electron chi connectivity index (χ4n) is 4.72. The number of imidazole rings is 1. The maximum Gasteiger partial charge on any atom is 0.225 e. The van der Waals surface area contributed by atoms with Gasteiger partial charge in [-0.25, -0.2) is 19.3 Å². The molecule has 7 nitrogen and oxygen atoms in total. The Kier molecular flexibility index (Phi) is 4.62. The van der Waals surface area contributed by atoms with Gasteiger partial charge < -0.3 is 19.1 Å². The molecule has 1 fully saturated rings. The molecule has 2 atom stereocenters. The van der Waals surface area contributed by atoms with Crippen LogP contribution in [0.3, 0.4) is 0 Å². The van der Waals surface area contributed by atoms with Gasteiger partial charge >= 0.3 is 0 Å². The zero-order valence-corrected chi connectivity index (χ0v) is 17.4. The molecule has 0 amide bonds. The summed E-state index contributed by atoms with van der Waals surface area (Å²) in [6.07, 6.45) is 4.95. The molecule has 3 aromatic heterocycles. The Morgan fingerprint density at radius 3 is 2.56 bits per heavy atom. The summed E-state index contributed by atoms with van der Waals surface area (Å²) in [6, 6.07) is 11.5. The van der Waals surface area contributed by atoms with Crippen molar-refractivity contribution >= 4 is 11.6 Å². The average molecular weight is 431 g/mol. The van der Waals surface area contributed by atoms with E-state index < -0.39 is 11.9 Å². The fourth-order valence-corrected chi connectivity index (χ4v) is 4.72. The molecule has 1 N–H and O–H groups in total. The molecule has 32 heavy (non-hydrogen) atoms. The summed E-state index contributed by atoms with van der Waals surface area (Å²) >= 11 is 0. The molecule has 1 saturated heterocycles. The molecular formula is C24H22FN5O2. The second-order valence-corrected chi connectivity index (χ2v) is 8.23. The number of morpholine rings is 1. The maximum atomic E-state index is 15.0. The van der Waals surface area contributed by atoms with E-state index in [1.165, 1.54) is 6.07 Å². The van der Waals surface area contributed by atoms with Gasteiger partial charge in [0.25, 0.3) is 0 Å². The number of nitrogens with zero attached hydrogens (tertiary/aromatic N) is 5. The molecule has 6 rings (SSSR count). The van der Waals surface area contributed by atoms with Gasteiger partial charge in [0.2, 0.25) is 5.95 Å². The Bertz CT molecular complexity index is 1270. The molecule has 1 aliphatic carbocycles. The van der Waals surface area contributed by atoms with Crippen molar-refractivity contribution in [2.45, 2.75) is 18.4 Å². The van der Waals surface area contributed by atoms with Crippen molar-refractivity contribution < 1.29 is 14.2 Å². The summed E-state index contributed by atoms with van der Waals surface area (Å²) in [4.78, 5) is 15.5. The van der Waals surface area contributed by atoms with Crippen LogP contribution in [0.4, 0.5) is 10.3 Å². The molecule has 0 unspecified atom stereocenters. The largest absolute Gasteiger partial charge is 0.387 e. The number of anilines is 1. The van der Waals surface area contributed by atoms with Crippen LogP contribution in [0.15, 0.2) is 55.0 Å². The highest BCUT2D eigenvalue weighted by atomic mass is 19.1. The number of fused-ring (bicyclic) bond motifs is 3. The molecule has 1 aromatic carbocycles. The van der Waals surface area contributed by atoms with E-state index in [2.05, 4.69) is 32.0 Å². The van der Waals surface area contributed by atoms with E-state index in [1.54, 1.807) is 18.6 Å². The second kappa shape index (κ2) is 7.65. The van der Waals surface area contributed by atoms with Crippen molar-refractivity contribution in [2.24, 2.45) is 0 Å². The molecule has 0 saturated carbocycles. The van der Waals surface area contributed by atoms with Gasteiger partial charge in [-0.2, -0.15) is 0 Å². The van der Waals surface area contributed by atoms with Gasteiger partial charge in [-0.3, -0.25) is 0 Å². The van der Waals surface area contributed by atoms with Crippen LogP contribution in [0, 0.1) is 5.82 Å². The molecule has 0 bridgehead atoms. The van der Waals surface area contributed by atoms with Crippen molar-refractivity contribution in [3.8, 4) is 11.1 Å². The highest BCUT2D eigenvalue weighted by Gasteiger charge is 2.36. The summed E-state index contributed by atoms with van der Waals surface area (Å²) in [5, 5.41) is 10.6. The van der Waals surface area contributed by atoms with E-state index in [0.717, 1.165) is 24.3 Å². The Balaban J connectivity index is 1.42. The topological polar surface area (TPSA) is 75.8 Å². The third kappa shape index (κ3) is 3.14. The first-order valence-corrected chi connectivity index (χ1v) is 10.8.